The van der Waals surface area contributed by atoms with Gasteiger partial charge in [0.15, 0.2) is 0 Å². The van der Waals surface area contributed by atoms with E-state index in [-0.39, 0.29) is 5.70 Å². The van der Waals surface area contributed by atoms with Crippen LogP contribution in [-0.2, 0) is 9.53 Å². The maximum atomic E-state index is 11.1. The summed E-state index contributed by atoms with van der Waals surface area (Å²) in [6.45, 7) is 6.65. The van der Waals surface area contributed by atoms with Gasteiger partial charge in [0.25, 0.3) is 0 Å². The highest BCUT2D eigenvalue weighted by molar-refractivity contribution is 5.82. The summed E-state index contributed by atoms with van der Waals surface area (Å²) in [6, 6.07) is 0. The monoisotopic (exact) mass is 201 g/mol. The smallest absolute Gasteiger partial charge is 0.411 e. The summed E-state index contributed by atoms with van der Waals surface area (Å²) in [6.07, 6.45) is 0.233. The molecular formula is C9H15NO4. The topological polar surface area (TPSA) is 75.6 Å². The third-order valence-corrected chi connectivity index (χ3v) is 1.04. The van der Waals surface area contributed by atoms with Crippen molar-refractivity contribution in [1.29, 1.82) is 0 Å². The molecule has 0 heterocycles. The maximum Gasteiger partial charge on any atom is 0.411 e. The minimum Gasteiger partial charge on any atom is -0.478 e. The molecule has 1 amide bonds. The van der Waals surface area contributed by atoms with Crippen LogP contribution in [0.4, 0.5) is 4.79 Å². The summed E-state index contributed by atoms with van der Waals surface area (Å²) in [4.78, 5) is 21.3. The van der Waals surface area contributed by atoms with Gasteiger partial charge in [0.1, 0.15) is 5.60 Å². The van der Waals surface area contributed by atoms with E-state index in [1.165, 1.54) is 6.92 Å². The molecule has 0 fully saturated rings. The van der Waals surface area contributed by atoms with Crippen LogP contribution in [0.3, 0.4) is 0 Å². The molecule has 0 bridgehead atoms. The Hall–Kier alpha value is -1.52. The highest BCUT2D eigenvalue weighted by Gasteiger charge is 2.15. The molecule has 0 spiro atoms. The average molecular weight is 201 g/mol. The van der Waals surface area contributed by atoms with Crippen molar-refractivity contribution in [3.05, 3.63) is 11.8 Å². The fourth-order valence-corrected chi connectivity index (χ4v) is 0.686. The Morgan fingerprint density at radius 2 is 1.86 bits per heavy atom. The summed E-state index contributed by atoms with van der Waals surface area (Å²) in [5.41, 5.74) is -0.361. The van der Waals surface area contributed by atoms with Crippen LogP contribution in [0.5, 0.6) is 0 Å². The number of allylic oxidation sites excluding steroid dienone is 1. The van der Waals surface area contributed by atoms with Crippen LogP contribution in [-0.4, -0.2) is 22.8 Å². The molecule has 0 unspecified atom stereocenters. The van der Waals surface area contributed by atoms with E-state index >= 15 is 0 Å². The van der Waals surface area contributed by atoms with Crippen molar-refractivity contribution >= 4 is 12.1 Å². The number of ether oxygens (including phenoxy) is 1. The summed E-state index contributed by atoms with van der Waals surface area (Å²) >= 11 is 0. The van der Waals surface area contributed by atoms with Crippen molar-refractivity contribution in [3.63, 3.8) is 0 Å². The van der Waals surface area contributed by atoms with Crippen LogP contribution < -0.4 is 5.32 Å². The number of hydrogen-bond donors (Lipinski definition) is 2. The van der Waals surface area contributed by atoms with E-state index in [0.29, 0.717) is 0 Å². The van der Waals surface area contributed by atoms with E-state index in [4.69, 9.17) is 9.84 Å². The number of amides is 1. The Morgan fingerprint density at radius 3 is 2.21 bits per heavy atom. The molecule has 0 aliphatic carbocycles. The van der Waals surface area contributed by atoms with E-state index < -0.39 is 17.7 Å². The zero-order valence-corrected chi connectivity index (χ0v) is 8.75. The highest BCUT2D eigenvalue weighted by atomic mass is 16.6. The molecule has 2 N–H and O–H groups in total. The highest BCUT2D eigenvalue weighted by Crippen LogP contribution is 2.06. The van der Waals surface area contributed by atoms with Gasteiger partial charge < -0.3 is 9.84 Å². The van der Waals surface area contributed by atoms with Gasteiger partial charge in [-0.15, -0.1) is 0 Å². The number of nitrogens with one attached hydrogen (secondary N) is 1. The Morgan fingerprint density at radius 1 is 1.36 bits per heavy atom. The number of carboxylic acid groups (broad SMARTS) is 1. The lowest BCUT2D eigenvalue weighted by Crippen LogP contribution is -2.31. The molecule has 0 aliphatic heterocycles. The Bertz CT molecular complexity index is 262. The first-order valence-corrected chi connectivity index (χ1v) is 4.12. The predicted octanol–water partition coefficient (Wildman–Crippen LogP) is 1.50. The Labute approximate surface area is 82.7 Å². The number of hydrogen-bond acceptors (Lipinski definition) is 3. The molecule has 0 radical (unpaired) electrons. The van der Waals surface area contributed by atoms with Crippen LogP contribution in [0.1, 0.15) is 27.7 Å². The number of carbonyl (C=O) groups is 2. The van der Waals surface area contributed by atoms with Gasteiger partial charge in [-0.3, -0.25) is 5.32 Å². The van der Waals surface area contributed by atoms with Gasteiger partial charge in [-0.25, -0.2) is 9.59 Å². The molecule has 80 valence electrons. The van der Waals surface area contributed by atoms with Crippen molar-refractivity contribution in [1.82, 2.24) is 5.32 Å². The number of aliphatic carboxylic acids is 1. The minimum atomic E-state index is -1.11. The van der Waals surface area contributed by atoms with Crippen LogP contribution >= 0.6 is 0 Å². The lowest BCUT2D eigenvalue weighted by atomic mass is 10.2. The van der Waals surface area contributed by atoms with Gasteiger partial charge >= 0.3 is 12.1 Å². The molecular weight excluding hydrogens is 186 g/mol. The zero-order valence-electron chi connectivity index (χ0n) is 8.75. The predicted molar refractivity (Wildman–Crippen MR) is 50.8 cm³/mol. The molecule has 0 aromatic rings. The second-order valence-electron chi connectivity index (χ2n) is 3.79. The molecule has 5 nitrogen and oxygen atoms in total. The molecule has 0 aromatic heterocycles. The first-order chi connectivity index (χ1) is 6.20. The van der Waals surface area contributed by atoms with Crippen molar-refractivity contribution < 1.29 is 19.4 Å². The van der Waals surface area contributed by atoms with Gasteiger partial charge in [0.2, 0.25) is 0 Å². The van der Waals surface area contributed by atoms with Crippen molar-refractivity contribution in [3.8, 4) is 0 Å². The molecule has 5 heteroatoms. The quantitative estimate of drug-likeness (QED) is 0.664. The molecule has 0 rings (SSSR count). The van der Waals surface area contributed by atoms with Crippen molar-refractivity contribution in [2.24, 2.45) is 0 Å². The number of rotatable bonds is 2. The van der Waals surface area contributed by atoms with Crippen LogP contribution in [0.25, 0.3) is 0 Å². The Balaban J connectivity index is 4.14. The zero-order chi connectivity index (χ0) is 11.4. The fraction of sp³-hybridized carbons (Fsp3) is 0.556. The average Bonchev–Trinajstić information content (AvgIpc) is 1.77. The van der Waals surface area contributed by atoms with E-state index in [9.17, 15) is 9.59 Å². The number of alkyl carbamates (subject to hydrolysis) is 1. The van der Waals surface area contributed by atoms with Crippen LogP contribution in [0.2, 0.25) is 0 Å². The lowest BCUT2D eigenvalue weighted by Gasteiger charge is -2.19. The van der Waals surface area contributed by atoms with E-state index in [0.717, 1.165) is 6.08 Å². The standard InChI is InChI=1S/C9H15NO4/c1-6(5-7(11)12)10-8(13)14-9(2,3)4/h5H,1-4H3,(H,10,13)(H,11,12). The fourth-order valence-electron chi connectivity index (χ4n) is 0.686. The molecule has 0 aliphatic rings. The first kappa shape index (κ1) is 12.5. The Kier molecular flexibility index (Phi) is 4.14. The minimum absolute atomic E-state index is 0.228. The van der Waals surface area contributed by atoms with Crippen molar-refractivity contribution in [2.45, 2.75) is 33.3 Å². The number of carbonyl (C=O) groups excluding carboxylic acids is 1. The van der Waals surface area contributed by atoms with Gasteiger partial charge in [-0.05, 0) is 27.7 Å². The maximum absolute atomic E-state index is 11.1. The third kappa shape index (κ3) is 7.15. The normalized spacial score (nSPS) is 12.1. The second kappa shape index (κ2) is 4.64. The molecule has 0 aromatic carbocycles. The largest absolute Gasteiger partial charge is 0.478 e. The van der Waals surface area contributed by atoms with E-state index in [2.05, 4.69) is 5.32 Å². The van der Waals surface area contributed by atoms with Gasteiger partial charge in [-0.1, -0.05) is 0 Å². The molecule has 14 heavy (non-hydrogen) atoms. The summed E-state index contributed by atoms with van der Waals surface area (Å²) < 4.78 is 4.91. The van der Waals surface area contributed by atoms with Crippen LogP contribution in [0, 0.1) is 0 Å². The van der Waals surface area contributed by atoms with Crippen molar-refractivity contribution in [2.75, 3.05) is 0 Å². The van der Waals surface area contributed by atoms with E-state index in [1.807, 2.05) is 0 Å². The third-order valence-electron chi connectivity index (χ3n) is 1.04. The lowest BCUT2D eigenvalue weighted by molar-refractivity contribution is -0.131. The summed E-state index contributed by atoms with van der Waals surface area (Å²) in [7, 11) is 0. The molecule has 0 saturated carbocycles. The summed E-state index contributed by atoms with van der Waals surface area (Å²) in [5, 5.41) is 10.6. The first-order valence-electron chi connectivity index (χ1n) is 4.12. The summed E-state index contributed by atoms with van der Waals surface area (Å²) in [5.74, 6) is -1.11. The van der Waals surface area contributed by atoms with Gasteiger partial charge in [0, 0.05) is 11.8 Å². The SMILES string of the molecule is CC(=CC(=O)O)NC(=O)OC(C)(C)C. The van der Waals surface area contributed by atoms with Gasteiger partial charge in [0.05, 0.1) is 0 Å². The second-order valence-corrected chi connectivity index (χ2v) is 3.79. The van der Waals surface area contributed by atoms with E-state index in [1.54, 1.807) is 20.8 Å². The molecule has 0 atom stereocenters. The van der Waals surface area contributed by atoms with Crippen LogP contribution in [0.15, 0.2) is 11.8 Å². The van der Waals surface area contributed by atoms with Gasteiger partial charge in [-0.2, -0.15) is 0 Å². The number of carboxylic acids is 1. The molecule has 0 saturated heterocycles.